The van der Waals surface area contributed by atoms with E-state index in [9.17, 15) is 14.7 Å². The maximum Gasteiger partial charge on any atom is 0.326 e. The predicted molar refractivity (Wildman–Crippen MR) is 77.6 cm³/mol. The molecule has 1 aliphatic rings. The van der Waals surface area contributed by atoms with E-state index in [0.29, 0.717) is 0 Å². The van der Waals surface area contributed by atoms with Gasteiger partial charge in [0, 0.05) is 17.4 Å². The van der Waals surface area contributed by atoms with Crippen LogP contribution in [0.25, 0.3) is 0 Å². The third kappa shape index (κ3) is 2.71. The minimum absolute atomic E-state index is 0.0832. The topological polar surface area (TPSA) is 101 Å². The number of fused-ring (bicyclic) bond motifs is 1. The number of nitrogens with zero attached hydrogens (tertiary/aromatic N) is 5. The molecule has 0 saturated heterocycles. The number of carboxylic acid groups (broad SMARTS) is 1. The van der Waals surface area contributed by atoms with Crippen LogP contribution in [0.15, 0.2) is 29.0 Å². The summed E-state index contributed by atoms with van der Waals surface area (Å²) in [7, 11) is 0. The van der Waals surface area contributed by atoms with Gasteiger partial charge >= 0.3 is 5.97 Å². The van der Waals surface area contributed by atoms with Gasteiger partial charge in [0.25, 0.3) is 0 Å². The lowest BCUT2D eigenvalue weighted by Crippen LogP contribution is -2.49. The second kappa shape index (κ2) is 5.84. The molecule has 1 unspecified atom stereocenters. The average molecular weight is 366 g/mol. The van der Waals surface area contributed by atoms with E-state index in [-0.39, 0.29) is 25.4 Å². The second-order valence-corrected chi connectivity index (χ2v) is 5.82. The van der Waals surface area contributed by atoms with E-state index >= 15 is 0 Å². The normalized spacial score (nSPS) is 17.1. The van der Waals surface area contributed by atoms with Crippen LogP contribution in [0, 0.1) is 0 Å². The van der Waals surface area contributed by atoms with Crippen molar-refractivity contribution in [3.8, 4) is 0 Å². The molecule has 0 aliphatic carbocycles. The van der Waals surface area contributed by atoms with Crippen molar-refractivity contribution >= 4 is 27.8 Å². The highest BCUT2D eigenvalue weighted by Crippen LogP contribution is 2.29. The summed E-state index contributed by atoms with van der Waals surface area (Å²) in [5.74, 6) is -1.35. The van der Waals surface area contributed by atoms with Gasteiger partial charge in [-0.3, -0.25) is 4.79 Å². The summed E-state index contributed by atoms with van der Waals surface area (Å²) < 4.78 is 2.14. The molecule has 0 fully saturated rings. The van der Waals surface area contributed by atoms with Crippen molar-refractivity contribution in [3.63, 3.8) is 0 Å². The number of hydrogen-bond donors (Lipinski definition) is 1. The van der Waals surface area contributed by atoms with Crippen LogP contribution in [0.1, 0.15) is 11.1 Å². The number of halogens is 1. The van der Waals surface area contributed by atoms with Gasteiger partial charge in [-0.25, -0.2) is 9.48 Å². The summed E-state index contributed by atoms with van der Waals surface area (Å²) in [6.45, 7) is 0.173. The minimum atomic E-state index is -1.02. The van der Waals surface area contributed by atoms with Gasteiger partial charge in [0.15, 0.2) is 0 Å². The Morgan fingerprint density at radius 1 is 1.41 bits per heavy atom. The van der Waals surface area contributed by atoms with Crippen LogP contribution >= 0.6 is 15.9 Å². The van der Waals surface area contributed by atoms with Crippen LogP contribution < -0.4 is 0 Å². The third-order valence-corrected chi connectivity index (χ3v) is 4.37. The van der Waals surface area contributed by atoms with Gasteiger partial charge in [-0.1, -0.05) is 28.1 Å². The molecule has 114 valence electrons. The number of carbonyl (C=O) groups is 2. The van der Waals surface area contributed by atoms with Gasteiger partial charge in [0.1, 0.15) is 18.9 Å². The molecule has 2 aromatic rings. The minimum Gasteiger partial charge on any atom is -0.480 e. The molecular formula is C13H12BrN5O3. The fourth-order valence-electron chi connectivity index (χ4n) is 2.54. The zero-order valence-corrected chi connectivity index (χ0v) is 13.0. The van der Waals surface area contributed by atoms with Gasteiger partial charge in [0.2, 0.25) is 5.91 Å². The Morgan fingerprint density at radius 3 is 2.91 bits per heavy atom. The number of carboxylic acids is 1. The van der Waals surface area contributed by atoms with Gasteiger partial charge in [0.05, 0.1) is 0 Å². The molecule has 1 N–H and O–H groups in total. The smallest absolute Gasteiger partial charge is 0.326 e. The van der Waals surface area contributed by atoms with Crippen molar-refractivity contribution in [1.82, 2.24) is 25.1 Å². The predicted octanol–water partition coefficient (Wildman–Crippen LogP) is 0.474. The first kappa shape index (κ1) is 14.6. The summed E-state index contributed by atoms with van der Waals surface area (Å²) in [5, 5.41) is 20.0. The quantitative estimate of drug-likeness (QED) is 0.848. The first-order chi connectivity index (χ1) is 10.6. The van der Waals surface area contributed by atoms with Crippen molar-refractivity contribution in [2.75, 3.05) is 0 Å². The first-order valence-electron chi connectivity index (χ1n) is 6.55. The van der Waals surface area contributed by atoms with Crippen molar-refractivity contribution in [1.29, 1.82) is 0 Å². The molecule has 1 atom stereocenters. The molecule has 1 aliphatic heterocycles. The molecule has 1 aromatic carbocycles. The van der Waals surface area contributed by atoms with E-state index in [0.717, 1.165) is 15.6 Å². The van der Waals surface area contributed by atoms with E-state index in [4.69, 9.17) is 0 Å². The standard InChI is InChI=1S/C13H12BrN5O3/c14-10-3-1-2-8-5-19(11(13(21)22)4-9(8)10)12(20)6-18-7-15-16-17-18/h1-3,7,11H,4-6H2,(H,21,22). The Kier molecular flexibility index (Phi) is 3.88. The number of carbonyl (C=O) groups excluding carboxylic acids is 1. The van der Waals surface area contributed by atoms with Crippen LogP contribution in [0.5, 0.6) is 0 Å². The Hall–Kier alpha value is -2.29. The van der Waals surface area contributed by atoms with E-state index in [1.54, 1.807) is 0 Å². The molecule has 0 spiro atoms. The third-order valence-electron chi connectivity index (χ3n) is 3.62. The monoisotopic (exact) mass is 365 g/mol. The number of amides is 1. The van der Waals surface area contributed by atoms with E-state index in [1.165, 1.54) is 15.9 Å². The summed E-state index contributed by atoms with van der Waals surface area (Å²) in [5.41, 5.74) is 1.87. The first-order valence-corrected chi connectivity index (χ1v) is 7.35. The van der Waals surface area contributed by atoms with Crippen LogP contribution in [0.2, 0.25) is 0 Å². The lowest BCUT2D eigenvalue weighted by molar-refractivity contribution is -0.151. The summed E-state index contributed by atoms with van der Waals surface area (Å²) in [6, 6.07) is 4.75. The highest BCUT2D eigenvalue weighted by Gasteiger charge is 2.35. The van der Waals surface area contributed by atoms with Crippen molar-refractivity contribution in [2.24, 2.45) is 0 Å². The number of tetrazole rings is 1. The highest BCUT2D eigenvalue weighted by molar-refractivity contribution is 9.10. The fraction of sp³-hybridized carbons (Fsp3) is 0.308. The van der Waals surface area contributed by atoms with Crippen LogP contribution in [0.4, 0.5) is 0 Å². The Balaban J connectivity index is 1.89. The van der Waals surface area contributed by atoms with Crippen LogP contribution in [-0.2, 0) is 29.1 Å². The van der Waals surface area contributed by atoms with Crippen LogP contribution in [-0.4, -0.2) is 48.1 Å². The maximum absolute atomic E-state index is 12.4. The van der Waals surface area contributed by atoms with Crippen molar-refractivity contribution in [2.45, 2.75) is 25.6 Å². The number of hydrogen-bond acceptors (Lipinski definition) is 5. The molecule has 8 nitrogen and oxygen atoms in total. The molecule has 22 heavy (non-hydrogen) atoms. The van der Waals surface area contributed by atoms with Gasteiger partial charge in [-0.2, -0.15) is 0 Å². The fourth-order valence-corrected chi connectivity index (χ4v) is 3.11. The zero-order chi connectivity index (χ0) is 15.7. The molecule has 0 bridgehead atoms. The van der Waals surface area contributed by atoms with Crippen molar-refractivity contribution in [3.05, 3.63) is 40.1 Å². The number of aliphatic carboxylic acids is 1. The van der Waals surface area contributed by atoms with Gasteiger partial charge in [-0.05, 0) is 27.6 Å². The molecule has 3 rings (SSSR count). The summed E-state index contributed by atoms with van der Waals surface area (Å²) >= 11 is 3.44. The summed E-state index contributed by atoms with van der Waals surface area (Å²) in [6.07, 6.45) is 1.59. The van der Waals surface area contributed by atoms with Crippen molar-refractivity contribution < 1.29 is 14.7 Å². The summed E-state index contributed by atoms with van der Waals surface area (Å²) in [4.78, 5) is 25.3. The molecule has 1 amide bonds. The molecule has 0 radical (unpaired) electrons. The lowest BCUT2D eigenvalue weighted by Gasteiger charge is -2.34. The number of aromatic nitrogens is 4. The molecule has 9 heteroatoms. The van der Waals surface area contributed by atoms with E-state index < -0.39 is 12.0 Å². The van der Waals surface area contributed by atoms with Gasteiger partial charge in [-0.15, -0.1) is 5.10 Å². The lowest BCUT2D eigenvalue weighted by atomic mass is 9.94. The number of benzene rings is 1. The Bertz CT molecular complexity index is 718. The maximum atomic E-state index is 12.4. The Labute approximate surface area is 133 Å². The van der Waals surface area contributed by atoms with Crippen LogP contribution in [0.3, 0.4) is 0 Å². The molecule has 2 heterocycles. The Morgan fingerprint density at radius 2 is 2.23 bits per heavy atom. The van der Waals surface area contributed by atoms with E-state index in [2.05, 4.69) is 31.5 Å². The molecule has 1 aromatic heterocycles. The van der Waals surface area contributed by atoms with Gasteiger partial charge < -0.3 is 10.0 Å². The largest absolute Gasteiger partial charge is 0.480 e. The molecular weight excluding hydrogens is 354 g/mol. The number of rotatable bonds is 3. The highest BCUT2D eigenvalue weighted by atomic mass is 79.9. The zero-order valence-electron chi connectivity index (χ0n) is 11.4. The average Bonchev–Trinajstić information content (AvgIpc) is 2.99. The van der Waals surface area contributed by atoms with E-state index in [1.807, 2.05) is 18.2 Å². The molecule has 0 saturated carbocycles. The second-order valence-electron chi connectivity index (χ2n) is 4.96. The SMILES string of the molecule is O=C(O)C1Cc2c(Br)cccc2CN1C(=O)Cn1cnnn1.